The van der Waals surface area contributed by atoms with Crippen molar-refractivity contribution in [3.05, 3.63) is 57.0 Å². The average Bonchev–Trinajstić information content (AvgIpc) is 2.45. The maximum absolute atomic E-state index is 11.8. The smallest absolute Gasteiger partial charge is 0.255 e. The molecule has 110 valence electrons. The molecule has 1 heterocycles. The minimum Gasteiger partial charge on any atom is -0.396 e. The van der Waals surface area contributed by atoms with Gasteiger partial charge in [0.1, 0.15) is 0 Å². The van der Waals surface area contributed by atoms with E-state index in [9.17, 15) is 4.79 Å². The quantitative estimate of drug-likeness (QED) is 0.572. The third-order valence-corrected chi connectivity index (χ3v) is 3.15. The Bertz CT molecular complexity index is 707. The van der Waals surface area contributed by atoms with Crippen molar-refractivity contribution in [3.8, 4) is 0 Å². The Kier molecular flexibility index (Phi) is 4.84. The fourth-order valence-corrected chi connectivity index (χ4v) is 1.96. The summed E-state index contributed by atoms with van der Waals surface area (Å²) in [6.07, 6.45) is 1.97. The van der Waals surface area contributed by atoms with Crippen LogP contribution in [0.3, 0.4) is 0 Å². The molecule has 0 bridgehead atoms. The monoisotopic (exact) mass is 286 g/mol. The first kappa shape index (κ1) is 14.9. The van der Waals surface area contributed by atoms with E-state index in [2.05, 4.69) is 20.5 Å². The summed E-state index contributed by atoms with van der Waals surface area (Å²) in [6, 6.07) is 7.84. The minimum atomic E-state index is -0.259. The van der Waals surface area contributed by atoms with Crippen LogP contribution in [0.25, 0.3) is 0 Å². The standard InChI is InChI=1S/C15H18N4O2/c1-10-5-3-4-6-12(10)9-16-19-15-17-11(2)13(7-8-20)14(21)18-15/h3-6,9,20H,7-8H2,1-2H3,(H2,17,18,19,21)/b16-9-. The zero-order valence-corrected chi connectivity index (χ0v) is 12.1. The minimum absolute atomic E-state index is 0.0796. The molecule has 0 aliphatic heterocycles. The van der Waals surface area contributed by atoms with Crippen molar-refractivity contribution < 1.29 is 5.11 Å². The van der Waals surface area contributed by atoms with E-state index in [1.165, 1.54) is 0 Å². The van der Waals surface area contributed by atoms with E-state index in [1.807, 2.05) is 31.2 Å². The normalized spacial score (nSPS) is 11.0. The number of aliphatic hydroxyl groups excluding tert-OH is 1. The fourth-order valence-electron chi connectivity index (χ4n) is 1.96. The lowest BCUT2D eigenvalue weighted by molar-refractivity contribution is 0.298. The van der Waals surface area contributed by atoms with Crippen molar-refractivity contribution in [1.29, 1.82) is 0 Å². The number of aryl methyl sites for hydroxylation is 2. The Balaban J connectivity index is 2.14. The Morgan fingerprint density at radius 3 is 2.81 bits per heavy atom. The van der Waals surface area contributed by atoms with E-state index < -0.39 is 0 Å². The van der Waals surface area contributed by atoms with Gasteiger partial charge in [-0.3, -0.25) is 9.78 Å². The van der Waals surface area contributed by atoms with Gasteiger partial charge in [0.25, 0.3) is 5.56 Å². The highest BCUT2D eigenvalue weighted by molar-refractivity contribution is 5.81. The number of aliphatic hydroxyl groups is 1. The van der Waals surface area contributed by atoms with Crippen LogP contribution in [0, 0.1) is 13.8 Å². The predicted octanol–water partition coefficient (Wildman–Crippen LogP) is 1.37. The second-order valence-corrected chi connectivity index (χ2v) is 4.68. The first-order valence-corrected chi connectivity index (χ1v) is 6.67. The van der Waals surface area contributed by atoms with E-state index >= 15 is 0 Å². The third kappa shape index (κ3) is 3.76. The van der Waals surface area contributed by atoms with Crippen molar-refractivity contribution in [2.75, 3.05) is 12.0 Å². The van der Waals surface area contributed by atoms with Crippen LogP contribution in [0.2, 0.25) is 0 Å². The van der Waals surface area contributed by atoms with Gasteiger partial charge in [0.05, 0.1) is 11.9 Å². The van der Waals surface area contributed by atoms with E-state index in [-0.39, 0.29) is 18.1 Å². The van der Waals surface area contributed by atoms with Crippen molar-refractivity contribution in [3.63, 3.8) is 0 Å². The molecule has 0 unspecified atom stereocenters. The zero-order chi connectivity index (χ0) is 15.2. The van der Waals surface area contributed by atoms with Crippen LogP contribution in [0.1, 0.15) is 22.4 Å². The van der Waals surface area contributed by atoms with Gasteiger partial charge in [-0.05, 0) is 25.0 Å². The lowest BCUT2D eigenvalue weighted by atomic mass is 10.1. The van der Waals surface area contributed by atoms with Crippen LogP contribution in [-0.4, -0.2) is 27.9 Å². The number of hydrazone groups is 1. The summed E-state index contributed by atoms with van der Waals surface area (Å²) in [7, 11) is 0. The molecule has 1 aromatic heterocycles. The highest BCUT2D eigenvalue weighted by Crippen LogP contribution is 2.05. The van der Waals surface area contributed by atoms with Crippen LogP contribution in [0.5, 0.6) is 0 Å². The van der Waals surface area contributed by atoms with E-state index in [4.69, 9.17) is 5.11 Å². The van der Waals surface area contributed by atoms with Crippen molar-refractivity contribution >= 4 is 12.2 Å². The Morgan fingerprint density at radius 1 is 1.38 bits per heavy atom. The Labute approximate surface area is 122 Å². The van der Waals surface area contributed by atoms with Crippen LogP contribution in [0.15, 0.2) is 34.2 Å². The number of nitrogens with zero attached hydrogens (tertiary/aromatic N) is 2. The molecule has 6 nitrogen and oxygen atoms in total. The highest BCUT2D eigenvalue weighted by Gasteiger charge is 2.06. The number of rotatable bonds is 5. The van der Waals surface area contributed by atoms with Gasteiger partial charge < -0.3 is 5.11 Å². The SMILES string of the molecule is Cc1ccccc1/C=N\Nc1nc(C)c(CCO)c(=O)[nH]1. The molecule has 0 atom stereocenters. The van der Waals surface area contributed by atoms with Gasteiger partial charge in [-0.25, -0.2) is 10.4 Å². The molecule has 21 heavy (non-hydrogen) atoms. The van der Waals surface area contributed by atoms with E-state index in [0.717, 1.165) is 11.1 Å². The summed E-state index contributed by atoms with van der Waals surface area (Å²) in [6.45, 7) is 3.65. The van der Waals surface area contributed by atoms with Crippen LogP contribution in [0.4, 0.5) is 5.95 Å². The van der Waals surface area contributed by atoms with Crippen LogP contribution in [-0.2, 0) is 6.42 Å². The fraction of sp³-hybridized carbons (Fsp3) is 0.267. The van der Waals surface area contributed by atoms with E-state index in [0.29, 0.717) is 17.7 Å². The molecule has 0 aliphatic rings. The molecule has 6 heteroatoms. The molecule has 0 amide bonds. The van der Waals surface area contributed by atoms with Crippen molar-refractivity contribution in [2.24, 2.45) is 5.10 Å². The number of hydrogen-bond acceptors (Lipinski definition) is 5. The molecule has 0 fully saturated rings. The predicted molar refractivity (Wildman–Crippen MR) is 82.8 cm³/mol. The molecule has 0 radical (unpaired) electrons. The van der Waals surface area contributed by atoms with Gasteiger partial charge >= 0.3 is 0 Å². The lowest BCUT2D eigenvalue weighted by Gasteiger charge is -2.05. The summed E-state index contributed by atoms with van der Waals surface area (Å²) in [5.41, 5.74) is 5.63. The first-order chi connectivity index (χ1) is 10.1. The van der Waals surface area contributed by atoms with E-state index in [1.54, 1.807) is 13.1 Å². The van der Waals surface area contributed by atoms with Gasteiger partial charge in [-0.1, -0.05) is 24.3 Å². The van der Waals surface area contributed by atoms with Gasteiger partial charge in [-0.2, -0.15) is 5.10 Å². The Hall–Kier alpha value is -2.47. The molecule has 0 saturated carbocycles. The number of nitrogens with one attached hydrogen (secondary N) is 2. The summed E-state index contributed by atoms with van der Waals surface area (Å²) < 4.78 is 0. The Morgan fingerprint density at radius 2 is 2.14 bits per heavy atom. The number of aromatic nitrogens is 2. The topological polar surface area (TPSA) is 90.4 Å². The van der Waals surface area contributed by atoms with Crippen LogP contribution >= 0.6 is 0 Å². The molecule has 3 N–H and O–H groups in total. The van der Waals surface area contributed by atoms with Gasteiger partial charge in [-0.15, -0.1) is 0 Å². The van der Waals surface area contributed by atoms with Crippen LogP contribution < -0.4 is 11.0 Å². The molecule has 0 spiro atoms. The number of anilines is 1. The summed E-state index contributed by atoms with van der Waals surface area (Å²) in [4.78, 5) is 18.7. The first-order valence-electron chi connectivity index (χ1n) is 6.67. The molecule has 0 saturated heterocycles. The summed E-state index contributed by atoms with van der Waals surface area (Å²) >= 11 is 0. The lowest BCUT2D eigenvalue weighted by Crippen LogP contribution is -2.19. The average molecular weight is 286 g/mol. The number of H-pyrrole nitrogens is 1. The molecule has 0 aliphatic carbocycles. The number of hydrogen-bond donors (Lipinski definition) is 3. The second-order valence-electron chi connectivity index (χ2n) is 4.68. The third-order valence-electron chi connectivity index (χ3n) is 3.15. The molecule has 1 aromatic carbocycles. The van der Waals surface area contributed by atoms with Gasteiger partial charge in [0.15, 0.2) is 0 Å². The molecular formula is C15H18N4O2. The molecule has 2 rings (SSSR count). The molecule has 2 aromatic rings. The highest BCUT2D eigenvalue weighted by atomic mass is 16.3. The largest absolute Gasteiger partial charge is 0.396 e. The summed E-state index contributed by atoms with van der Waals surface area (Å²) in [5, 5.41) is 13.0. The van der Waals surface area contributed by atoms with Crippen molar-refractivity contribution in [1.82, 2.24) is 9.97 Å². The maximum atomic E-state index is 11.8. The number of benzene rings is 1. The molecular weight excluding hydrogens is 268 g/mol. The summed E-state index contributed by atoms with van der Waals surface area (Å²) in [5.74, 6) is 0.282. The van der Waals surface area contributed by atoms with Gasteiger partial charge in [0, 0.05) is 18.6 Å². The number of aromatic amines is 1. The second kappa shape index (κ2) is 6.81. The zero-order valence-electron chi connectivity index (χ0n) is 12.1. The maximum Gasteiger partial charge on any atom is 0.255 e. The van der Waals surface area contributed by atoms with Gasteiger partial charge in [0.2, 0.25) is 5.95 Å². The van der Waals surface area contributed by atoms with Crippen molar-refractivity contribution in [2.45, 2.75) is 20.3 Å².